The van der Waals surface area contributed by atoms with Gasteiger partial charge in [-0.2, -0.15) is 0 Å². The van der Waals surface area contributed by atoms with Crippen molar-refractivity contribution in [3.63, 3.8) is 0 Å². The number of nitrogens with one attached hydrogen (secondary N) is 1. The number of rotatable bonds is 3. The maximum Gasteiger partial charge on any atom is 0.0295 e. The van der Waals surface area contributed by atoms with E-state index < -0.39 is 0 Å². The molecule has 2 nitrogen and oxygen atoms in total. The van der Waals surface area contributed by atoms with Crippen LogP contribution in [0.15, 0.2) is 42.5 Å². The van der Waals surface area contributed by atoms with Crippen molar-refractivity contribution in [3.05, 3.63) is 48.0 Å². The van der Waals surface area contributed by atoms with E-state index in [0.29, 0.717) is 12.1 Å². The van der Waals surface area contributed by atoms with Crippen molar-refractivity contribution in [1.82, 2.24) is 10.2 Å². The van der Waals surface area contributed by atoms with Crippen LogP contribution < -0.4 is 5.32 Å². The molecule has 2 fully saturated rings. The summed E-state index contributed by atoms with van der Waals surface area (Å²) in [6, 6.07) is 17.4. The molecule has 0 amide bonds. The summed E-state index contributed by atoms with van der Waals surface area (Å²) in [5.74, 6) is 0. The lowest BCUT2D eigenvalue weighted by Gasteiger charge is -2.25. The lowest BCUT2D eigenvalue weighted by atomic mass is 10.0. The topological polar surface area (TPSA) is 15.3 Å². The van der Waals surface area contributed by atoms with E-state index >= 15 is 0 Å². The molecule has 0 aromatic heterocycles. The second kappa shape index (κ2) is 5.43. The molecule has 0 bridgehead atoms. The van der Waals surface area contributed by atoms with Gasteiger partial charge in [0.2, 0.25) is 0 Å². The molecule has 2 heterocycles. The van der Waals surface area contributed by atoms with Crippen molar-refractivity contribution in [1.29, 1.82) is 0 Å². The lowest BCUT2D eigenvalue weighted by molar-refractivity contribution is 0.291. The smallest absolute Gasteiger partial charge is 0.0295 e. The number of hydrogen-bond donors (Lipinski definition) is 1. The van der Waals surface area contributed by atoms with Crippen molar-refractivity contribution in [2.24, 2.45) is 0 Å². The van der Waals surface area contributed by atoms with Crippen LogP contribution in [0.3, 0.4) is 0 Å². The molecular formula is C19H24N2. The fourth-order valence-corrected chi connectivity index (χ4v) is 4.17. The molecule has 1 N–H and O–H groups in total. The zero-order valence-corrected chi connectivity index (χ0v) is 12.8. The highest BCUT2D eigenvalue weighted by molar-refractivity contribution is 5.83. The molecule has 2 heteroatoms. The Kier molecular flexibility index (Phi) is 3.44. The second-order valence-electron chi connectivity index (χ2n) is 6.64. The van der Waals surface area contributed by atoms with Gasteiger partial charge in [-0.05, 0) is 55.1 Å². The van der Waals surface area contributed by atoms with Gasteiger partial charge in [0.25, 0.3) is 0 Å². The van der Waals surface area contributed by atoms with Gasteiger partial charge in [-0.1, -0.05) is 36.4 Å². The maximum atomic E-state index is 3.89. The zero-order valence-electron chi connectivity index (χ0n) is 12.8. The Morgan fingerprint density at radius 2 is 1.90 bits per heavy atom. The first-order chi connectivity index (χ1) is 10.3. The molecule has 2 aliphatic heterocycles. The molecule has 0 radical (unpaired) electrons. The summed E-state index contributed by atoms with van der Waals surface area (Å²) in [6.07, 6.45) is 4.07. The fourth-order valence-electron chi connectivity index (χ4n) is 4.17. The normalized spacial score (nSPS) is 27.1. The minimum Gasteiger partial charge on any atom is -0.306 e. The fraction of sp³-hybridized carbons (Fsp3) is 0.474. The predicted octanol–water partition coefficient (Wildman–Crippen LogP) is 3.73. The highest BCUT2D eigenvalue weighted by Gasteiger charge is 2.37. The van der Waals surface area contributed by atoms with Crippen LogP contribution >= 0.6 is 0 Å². The van der Waals surface area contributed by atoms with Crippen molar-refractivity contribution in [2.45, 2.75) is 44.3 Å². The van der Waals surface area contributed by atoms with E-state index in [4.69, 9.17) is 0 Å². The molecule has 0 saturated carbocycles. The van der Waals surface area contributed by atoms with Crippen LogP contribution in [0.2, 0.25) is 0 Å². The molecule has 0 spiro atoms. The van der Waals surface area contributed by atoms with E-state index in [0.717, 1.165) is 6.04 Å². The predicted molar refractivity (Wildman–Crippen MR) is 88.5 cm³/mol. The van der Waals surface area contributed by atoms with Crippen LogP contribution in [0.5, 0.6) is 0 Å². The highest BCUT2D eigenvalue weighted by Crippen LogP contribution is 2.30. The molecule has 2 saturated heterocycles. The van der Waals surface area contributed by atoms with Gasteiger partial charge in [0, 0.05) is 24.7 Å². The van der Waals surface area contributed by atoms with E-state index in [2.05, 4.69) is 59.6 Å². The van der Waals surface area contributed by atoms with E-state index in [9.17, 15) is 0 Å². The number of hydrogen-bond acceptors (Lipinski definition) is 2. The average molecular weight is 280 g/mol. The summed E-state index contributed by atoms with van der Waals surface area (Å²) in [7, 11) is 0. The van der Waals surface area contributed by atoms with E-state index in [-0.39, 0.29) is 0 Å². The molecule has 2 aliphatic rings. The molecule has 3 unspecified atom stereocenters. The quantitative estimate of drug-likeness (QED) is 0.921. The lowest BCUT2D eigenvalue weighted by Crippen LogP contribution is -2.40. The first kappa shape index (κ1) is 13.3. The van der Waals surface area contributed by atoms with E-state index in [1.807, 2.05) is 0 Å². The first-order valence-corrected chi connectivity index (χ1v) is 8.30. The summed E-state index contributed by atoms with van der Waals surface area (Å²) >= 11 is 0. The van der Waals surface area contributed by atoms with Crippen molar-refractivity contribution >= 4 is 10.8 Å². The number of nitrogens with zero attached hydrogens (tertiary/aromatic N) is 1. The highest BCUT2D eigenvalue weighted by atomic mass is 15.2. The molecule has 110 valence electrons. The summed E-state index contributed by atoms with van der Waals surface area (Å²) in [5, 5.41) is 6.56. The van der Waals surface area contributed by atoms with Gasteiger partial charge < -0.3 is 5.32 Å². The van der Waals surface area contributed by atoms with Gasteiger partial charge in [0.1, 0.15) is 0 Å². The first-order valence-electron chi connectivity index (χ1n) is 8.30. The van der Waals surface area contributed by atoms with Gasteiger partial charge in [0.15, 0.2) is 0 Å². The van der Waals surface area contributed by atoms with E-state index in [1.54, 1.807) is 0 Å². The molecule has 0 aliphatic carbocycles. The standard InChI is InChI=1S/C19H24N2/c1-14(20-18-10-12-21-11-4-7-19(18)21)16-9-8-15-5-2-3-6-17(15)13-16/h2-3,5-6,8-9,13-14,18-20H,4,7,10-12H2,1H3. The minimum atomic E-state index is 0.431. The van der Waals surface area contributed by atoms with E-state index in [1.165, 1.54) is 48.7 Å². The third kappa shape index (κ3) is 2.47. The monoisotopic (exact) mass is 280 g/mol. The van der Waals surface area contributed by atoms with Crippen LogP contribution in [-0.2, 0) is 0 Å². The maximum absolute atomic E-state index is 3.89. The Balaban J connectivity index is 1.52. The molecule has 4 rings (SSSR count). The van der Waals surface area contributed by atoms with Crippen molar-refractivity contribution < 1.29 is 0 Å². The summed E-state index contributed by atoms with van der Waals surface area (Å²) in [4.78, 5) is 2.67. The average Bonchev–Trinajstić information content (AvgIpc) is 3.12. The number of fused-ring (bicyclic) bond motifs is 2. The van der Waals surface area contributed by atoms with Gasteiger partial charge in [0.05, 0.1) is 0 Å². The minimum absolute atomic E-state index is 0.431. The Labute approximate surface area is 127 Å². The van der Waals surface area contributed by atoms with Gasteiger partial charge >= 0.3 is 0 Å². The SMILES string of the molecule is CC(NC1CCN2CCCC12)c1ccc2ccccc2c1. The molecule has 2 aromatic rings. The van der Waals surface area contributed by atoms with Crippen LogP contribution in [-0.4, -0.2) is 30.1 Å². The molecule has 21 heavy (non-hydrogen) atoms. The summed E-state index contributed by atoms with van der Waals surface area (Å²) < 4.78 is 0. The van der Waals surface area contributed by atoms with Crippen LogP contribution in [0.4, 0.5) is 0 Å². The van der Waals surface area contributed by atoms with Crippen LogP contribution in [0.1, 0.15) is 37.8 Å². The van der Waals surface area contributed by atoms with Gasteiger partial charge in [-0.25, -0.2) is 0 Å². The summed E-state index contributed by atoms with van der Waals surface area (Å²) in [6.45, 7) is 4.90. The van der Waals surface area contributed by atoms with Gasteiger partial charge in [-0.15, -0.1) is 0 Å². The van der Waals surface area contributed by atoms with Crippen molar-refractivity contribution in [2.75, 3.05) is 13.1 Å². The third-order valence-corrected chi connectivity index (χ3v) is 5.34. The van der Waals surface area contributed by atoms with Gasteiger partial charge in [-0.3, -0.25) is 4.90 Å². The Morgan fingerprint density at radius 3 is 2.81 bits per heavy atom. The van der Waals surface area contributed by atoms with Crippen LogP contribution in [0.25, 0.3) is 10.8 Å². The molecule has 3 atom stereocenters. The molecule has 2 aromatic carbocycles. The zero-order chi connectivity index (χ0) is 14.2. The Hall–Kier alpha value is -1.38. The Bertz CT molecular complexity index is 636. The largest absolute Gasteiger partial charge is 0.306 e. The summed E-state index contributed by atoms with van der Waals surface area (Å²) in [5.41, 5.74) is 1.41. The van der Waals surface area contributed by atoms with Crippen LogP contribution in [0, 0.1) is 0 Å². The Morgan fingerprint density at radius 1 is 1.05 bits per heavy atom. The second-order valence-corrected chi connectivity index (χ2v) is 6.64. The van der Waals surface area contributed by atoms with Crippen molar-refractivity contribution in [3.8, 4) is 0 Å². The number of benzene rings is 2. The molecular weight excluding hydrogens is 256 g/mol. The third-order valence-electron chi connectivity index (χ3n) is 5.34.